The van der Waals surface area contributed by atoms with Gasteiger partial charge in [0.15, 0.2) is 0 Å². The second kappa shape index (κ2) is 10.1. The Labute approximate surface area is 161 Å². The molecule has 1 aromatic rings. The molecular formula is C18H28ClN3O3S. The van der Waals surface area contributed by atoms with Crippen molar-refractivity contribution in [3.63, 3.8) is 0 Å². The van der Waals surface area contributed by atoms with E-state index in [-0.39, 0.29) is 12.5 Å². The molecule has 1 N–H and O–H groups in total. The number of likely N-dealkylation sites (tertiary alicyclic amines) is 1. The molecule has 0 saturated carbocycles. The van der Waals surface area contributed by atoms with E-state index in [1.165, 1.54) is 31.7 Å². The Morgan fingerprint density at radius 2 is 1.92 bits per heavy atom. The maximum atomic E-state index is 12.2. The Kier molecular flexibility index (Phi) is 8.18. The van der Waals surface area contributed by atoms with Crippen LogP contribution in [0.25, 0.3) is 0 Å². The van der Waals surface area contributed by atoms with Crippen LogP contribution >= 0.6 is 11.6 Å². The van der Waals surface area contributed by atoms with E-state index in [1.807, 2.05) is 0 Å². The first-order chi connectivity index (χ1) is 12.4. The molecule has 1 fully saturated rings. The number of nitrogens with zero attached hydrogens (tertiary/aromatic N) is 2. The van der Waals surface area contributed by atoms with Crippen LogP contribution in [0.5, 0.6) is 0 Å². The number of anilines is 1. The minimum Gasteiger partial charge on any atom is -0.354 e. The van der Waals surface area contributed by atoms with E-state index in [9.17, 15) is 13.2 Å². The number of hydrogen-bond acceptors (Lipinski definition) is 4. The Balaban J connectivity index is 1.82. The van der Waals surface area contributed by atoms with Crippen molar-refractivity contribution in [1.82, 2.24) is 10.2 Å². The molecule has 1 aliphatic rings. The molecule has 0 atom stereocenters. The standard InChI is InChI=1S/C18H28ClN3O3S/c1-26(24,25)22(17-9-6-8-16(19)14-17)15-18(23)20-10-7-13-21-11-4-2-3-5-12-21/h6,8-9,14H,2-5,7,10-13,15H2,1H3,(H,20,23). The fraction of sp³-hybridized carbons (Fsp3) is 0.611. The van der Waals surface area contributed by atoms with Crippen LogP contribution in [0.2, 0.25) is 5.02 Å². The Bertz CT molecular complexity index is 689. The molecule has 0 aliphatic carbocycles. The van der Waals surface area contributed by atoms with E-state index in [2.05, 4.69) is 10.2 Å². The number of carbonyl (C=O) groups excluding carboxylic acids is 1. The van der Waals surface area contributed by atoms with Gasteiger partial charge < -0.3 is 10.2 Å². The Morgan fingerprint density at radius 3 is 2.54 bits per heavy atom. The van der Waals surface area contributed by atoms with E-state index in [0.29, 0.717) is 17.3 Å². The smallest absolute Gasteiger partial charge is 0.240 e. The van der Waals surface area contributed by atoms with E-state index in [0.717, 1.165) is 36.6 Å². The van der Waals surface area contributed by atoms with Crippen molar-refractivity contribution in [2.45, 2.75) is 32.1 Å². The fourth-order valence-electron chi connectivity index (χ4n) is 3.11. The van der Waals surface area contributed by atoms with Crippen molar-refractivity contribution >= 4 is 33.2 Å². The van der Waals surface area contributed by atoms with Gasteiger partial charge in [-0.05, 0) is 57.1 Å². The van der Waals surface area contributed by atoms with E-state index < -0.39 is 10.0 Å². The topological polar surface area (TPSA) is 69.7 Å². The summed E-state index contributed by atoms with van der Waals surface area (Å²) in [6, 6.07) is 6.48. The monoisotopic (exact) mass is 401 g/mol. The zero-order valence-electron chi connectivity index (χ0n) is 15.3. The molecule has 26 heavy (non-hydrogen) atoms. The molecule has 8 heteroatoms. The van der Waals surface area contributed by atoms with Crippen molar-refractivity contribution in [3.05, 3.63) is 29.3 Å². The second-order valence-corrected chi connectivity index (χ2v) is 9.05. The Morgan fingerprint density at radius 1 is 1.23 bits per heavy atom. The van der Waals surface area contributed by atoms with Crippen molar-refractivity contribution in [3.8, 4) is 0 Å². The van der Waals surface area contributed by atoms with Gasteiger partial charge in [-0.3, -0.25) is 9.10 Å². The number of amides is 1. The highest BCUT2D eigenvalue weighted by Crippen LogP contribution is 2.21. The molecule has 6 nitrogen and oxygen atoms in total. The Hall–Kier alpha value is -1.31. The van der Waals surface area contributed by atoms with E-state index in [1.54, 1.807) is 18.2 Å². The molecule has 0 bridgehead atoms. The van der Waals surface area contributed by atoms with Crippen LogP contribution in [0.3, 0.4) is 0 Å². The van der Waals surface area contributed by atoms with Gasteiger partial charge in [-0.15, -0.1) is 0 Å². The number of carbonyl (C=O) groups is 1. The first kappa shape index (κ1) is 21.0. The van der Waals surface area contributed by atoms with Crippen molar-refractivity contribution < 1.29 is 13.2 Å². The van der Waals surface area contributed by atoms with Crippen molar-refractivity contribution in [2.24, 2.45) is 0 Å². The first-order valence-corrected chi connectivity index (χ1v) is 11.3. The number of sulfonamides is 1. The van der Waals surface area contributed by atoms with Gasteiger partial charge in [0.1, 0.15) is 6.54 Å². The van der Waals surface area contributed by atoms with Gasteiger partial charge in [0.2, 0.25) is 15.9 Å². The highest BCUT2D eigenvalue weighted by atomic mass is 35.5. The van der Waals surface area contributed by atoms with Crippen LogP contribution in [0, 0.1) is 0 Å². The maximum Gasteiger partial charge on any atom is 0.240 e. The summed E-state index contributed by atoms with van der Waals surface area (Å²) < 4.78 is 25.2. The summed E-state index contributed by atoms with van der Waals surface area (Å²) in [5, 5.41) is 3.25. The van der Waals surface area contributed by atoms with Gasteiger partial charge in [-0.25, -0.2) is 8.42 Å². The summed E-state index contributed by atoms with van der Waals surface area (Å²) in [5.41, 5.74) is 0.389. The average Bonchev–Trinajstić information content (AvgIpc) is 2.84. The minimum atomic E-state index is -3.58. The zero-order chi connectivity index (χ0) is 19.0. The van der Waals surface area contributed by atoms with E-state index in [4.69, 9.17) is 11.6 Å². The lowest BCUT2D eigenvalue weighted by Gasteiger charge is -2.22. The van der Waals surface area contributed by atoms with Gasteiger partial charge in [0.05, 0.1) is 11.9 Å². The summed E-state index contributed by atoms with van der Waals surface area (Å²) in [6.07, 6.45) is 7.04. The van der Waals surface area contributed by atoms with Crippen LogP contribution in [-0.2, 0) is 14.8 Å². The summed E-state index contributed by atoms with van der Waals surface area (Å²) >= 11 is 5.94. The normalized spacial score (nSPS) is 16.1. The summed E-state index contributed by atoms with van der Waals surface area (Å²) in [5.74, 6) is -0.314. The molecule has 1 heterocycles. The highest BCUT2D eigenvalue weighted by molar-refractivity contribution is 7.92. The van der Waals surface area contributed by atoms with Crippen molar-refractivity contribution in [1.29, 1.82) is 0 Å². The van der Waals surface area contributed by atoms with Gasteiger partial charge in [0, 0.05) is 11.6 Å². The minimum absolute atomic E-state index is 0.247. The highest BCUT2D eigenvalue weighted by Gasteiger charge is 2.21. The fourth-order valence-corrected chi connectivity index (χ4v) is 4.14. The molecule has 0 radical (unpaired) electrons. The molecular weight excluding hydrogens is 374 g/mol. The lowest BCUT2D eigenvalue weighted by Crippen LogP contribution is -2.41. The number of benzene rings is 1. The van der Waals surface area contributed by atoms with Gasteiger partial charge in [0.25, 0.3) is 0 Å². The molecule has 0 spiro atoms. The number of rotatable bonds is 8. The van der Waals surface area contributed by atoms with Crippen LogP contribution in [0.15, 0.2) is 24.3 Å². The second-order valence-electron chi connectivity index (χ2n) is 6.71. The third-order valence-electron chi connectivity index (χ3n) is 4.46. The maximum absolute atomic E-state index is 12.2. The van der Waals surface area contributed by atoms with Crippen molar-refractivity contribution in [2.75, 3.05) is 43.3 Å². The SMILES string of the molecule is CS(=O)(=O)N(CC(=O)NCCCN1CCCCCC1)c1cccc(Cl)c1. The number of nitrogens with one attached hydrogen (secondary N) is 1. The third-order valence-corrected chi connectivity index (χ3v) is 5.83. The van der Waals surface area contributed by atoms with Gasteiger partial charge in [-0.1, -0.05) is 30.5 Å². The van der Waals surface area contributed by atoms with Crippen LogP contribution in [0.4, 0.5) is 5.69 Å². The predicted molar refractivity (Wildman–Crippen MR) is 106 cm³/mol. The number of hydrogen-bond donors (Lipinski definition) is 1. The number of halogens is 1. The van der Waals surface area contributed by atoms with E-state index >= 15 is 0 Å². The quantitative estimate of drug-likeness (QED) is 0.679. The summed E-state index contributed by atoms with van der Waals surface area (Å²) in [6.45, 7) is 3.52. The largest absolute Gasteiger partial charge is 0.354 e. The molecule has 1 saturated heterocycles. The molecule has 1 amide bonds. The summed E-state index contributed by atoms with van der Waals surface area (Å²) in [7, 11) is -3.58. The first-order valence-electron chi connectivity index (χ1n) is 9.08. The van der Waals surface area contributed by atoms with Crippen LogP contribution in [0.1, 0.15) is 32.1 Å². The molecule has 0 aromatic heterocycles. The molecule has 146 valence electrons. The molecule has 1 aliphatic heterocycles. The lowest BCUT2D eigenvalue weighted by molar-refractivity contribution is -0.119. The molecule has 1 aromatic carbocycles. The third kappa shape index (κ3) is 7.13. The van der Waals surface area contributed by atoms with Gasteiger partial charge >= 0.3 is 0 Å². The molecule has 0 unspecified atom stereocenters. The predicted octanol–water partition coefficient (Wildman–Crippen LogP) is 2.49. The average molecular weight is 402 g/mol. The zero-order valence-corrected chi connectivity index (χ0v) is 16.9. The van der Waals surface area contributed by atoms with Gasteiger partial charge in [-0.2, -0.15) is 0 Å². The molecule has 2 rings (SSSR count). The van der Waals surface area contributed by atoms with Crippen LogP contribution in [-0.4, -0.2) is 58.2 Å². The lowest BCUT2D eigenvalue weighted by atomic mass is 10.2. The summed E-state index contributed by atoms with van der Waals surface area (Å²) in [4.78, 5) is 14.6. The van der Waals surface area contributed by atoms with Crippen LogP contribution < -0.4 is 9.62 Å².